The lowest BCUT2D eigenvalue weighted by Crippen LogP contribution is -2.47. The average Bonchev–Trinajstić information content (AvgIpc) is 3.69. The Balaban J connectivity index is 1.09. The van der Waals surface area contributed by atoms with Crippen LogP contribution in [0.5, 0.6) is 11.5 Å². The van der Waals surface area contributed by atoms with E-state index in [1.165, 1.54) is 0 Å². The van der Waals surface area contributed by atoms with Crippen molar-refractivity contribution in [2.24, 2.45) is 5.41 Å². The third-order valence-electron chi connectivity index (χ3n) is 8.99. The molecule has 3 aromatic rings. The second-order valence-electron chi connectivity index (χ2n) is 12.0. The van der Waals surface area contributed by atoms with Gasteiger partial charge in [-0.1, -0.05) is 29.8 Å². The maximum Gasteiger partial charge on any atom is 0.261 e. The molecular formula is C33H40N4O6. The summed E-state index contributed by atoms with van der Waals surface area (Å²) in [4.78, 5) is 34.7. The van der Waals surface area contributed by atoms with Crippen molar-refractivity contribution < 1.29 is 28.3 Å². The molecule has 2 amide bonds. The number of amides is 2. The molecule has 1 spiro atoms. The summed E-state index contributed by atoms with van der Waals surface area (Å²) in [5.74, 6) is 2.15. The van der Waals surface area contributed by atoms with Crippen LogP contribution in [0.3, 0.4) is 0 Å². The number of benzene rings is 2. The van der Waals surface area contributed by atoms with E-state index >= 15 is 0 Å². The monoisotopic (exact) mass is 588 g/mol. The first-order valence-electron chi connectivity index (χ1n) is 15.4. The van der Waals surface area contributed by atoms with Crippen molar-refractivity contribution in [2.75, 3.05) is 46.1 Å². The standard InChI is InChI=1S/C33H40N4O6/c1-24-34-31(43-35-24)28-11-2-3-12-29(28)41-22-30(38)36-17-14-33(15-18-36)13-4-5-19-40-21-26-9-7-16-37(26)32(39)25-8-6-10-27(20-25)42-23-33/h2-3,6,8,10-12,20,26H,4-5,7,9,13-19,21-23H2,1H3/t26-/m0/s1. The van der Waals surface area contributed by atoms with E-state index in [0.717, 1.165) is 51.5 Å². The van der Waals surface area contributed by atoms with Gasteiger partial charge in [0.25, 0.3) is 17.7 Å². The van der Waals surface area contributed by atoms with Crippen molar-refractivity contribution >= 4 is 11.8 Å². The van der Waals surface area contributed by atoms with Crippen LogP contribution in [-0.2, 0) is 9.53 Å². The van der Waals surface area contributed by atoms with E-state index in [1.54, 1.807) is 13.0 Å². The quantitative estimate of drug-likeness (QED) is 0.423. The first kappa shape index (κ1) is 29.2. The Hall–Kier alpha value is -3.92. The smallest absolute Gasteiger partial charge is 0.261 e. The number of para-hydroxylation sites is 1. The largest absolute Gasteiger partial charge is 0.493 e. The third kappa shape index (κ3) is 6.85. The van der Waals surface area contributed by atoms with Crippen LogP contribution in [0.15, 0.2) is 53.1 Å². The van der Waals surface area contributed by atoms with Gasteiger partial charge in [-0.25, -0.2) is 0 Å². The number of aryl methyl sites for hydroxylation is 1. The zero-order chi connectivity index (χ0) is 29.6. The van der Waals surface area contributed by atoms with Crippen molar-refractivity contribution in [3.63, 3.8) is 0 Å². The van der Waals surface area contributed by atoms with Crippen molar-refractivity contribution in [1.29, 1.82) is 0 Å². The van der Waals surface area contributed by atoms with Crippen molar-refractivity contribution in [1.82, 2.24) is 19.9 Å². The number of piperidine rings is 1. The highest BCUT2D eigenvalue weighted by Gasteiger charge is 2.37. The fourth-order valence-corrected chi connectivity index (χ4v) is 6.42. The number of hydrogen-bond donors (Lipinski definition) is 0. The zero-order valence-electron chi connectivity index (χ0n) is 24.8. The average molecular weight is 589 g/mol. The number of carbonyl (C=O) groups is 2. The summed E-state index contributed by atoms with van der Waals surface area (Å²) in [5.41, 5.74) is 1.26. The predicted octanol–water partition coefficient (Wildman–Crippen LogP) is 4.92. The maximum absolute atomic E-state index is 13.3. The van der Waals surface area contributed by atoms with Crippen LogP contribution in [0.2, 0.25) is 0 Å². The molecule has 2 fully saturated rings. The number of likely N-dealkylation sites (tertiary alicyclic amines) is 1. The van der Waals surface area contributed by atoms with Crippen LogP contribution in [0.1, 0.15) is 61.1 Å². The molecule has 228 valence electrons. The minimum Gasteiger partial charge on any atom is -0.493 e. The molecule has 0 aliphatic carbocycles. The predicted molar refractivity (Wildman–Crippen MR) is 159 cm³/mol. The zero-order valence-corrected chi connectivity index (χ0v) is 24.8. The summed E-state index contributed by atoms with van der Waals surface area (Å²) in [6, 6.07) is 15.1. The van der Waals surface area contributed by atoms with Gasteiger partial charge in [-0.2, -0.15) is 4.98 Å². The van der Waals surface area contributed by atoms with E-state index in [4.69, 9.17) is 18.7 Å². The summed E-state index contributed by atoms with van der Waals surface area (Å²) in [7, 11) is 0. The first-order chi connectivity index (χ1) is 21.0. The number of hydrogen-bond acceptors (Lipinski definition) is 8. The Kier molecular flexibility index (Phi) is 8.92. The van der Waals surface area contributed by atoms with Gasteiger partial charge in [-0.15, -0.1) is 0 Å². The molecule has 0 saturated carbocycles. The Morgan fingerprint density at radius 2 is 1.91 bits per heavy atom. The number of carbonyl (C=O) groups excluding carboxylic acids is 2. The van der Waals surface area contributed by atoms with Gasteiger partial charge in [-0.05, 0) is 75.8 Å². The molecule has 10 nitrogen and oxygen atoms in total. The topological polar surface area (TPSA) is 107 Å². The molecule has 0 radical (unpaired) electrons. The van der Waals surface area contributed by atoms with Crippen LogP contribution < -0.4 is 9.47 Å². The summed E-state index contributed by atoms with van der Waals surface area (Å²) in [6.07, 6.45) is 6.66. The van der Waals surface area contributed by atoms with Crippen molar-refractivity contribution in [3.8, 4) is 23.0 Å². The second kappa shape index (κ2) is 13.2. The van der Waals surface area contributed by atoms with Crippen LogP contribution >= 0.6 is 0 Å². The molecule has 43 heavy (non-hydrogen) atoms. The first-order valence-corrected chi connectivity index (χ1v) is 15.4. The van der Waals surface area contributed by atoms with Gasteiger partial charge in [0.15, 0.2) is 12.4 Å². The summed E-state index contributed by atoms with van der Waals surface area (Å²) in [5, 5.41) is 3.86. The molecular weight excluding hydrogens is 548 g/mol. The van der Waals surface area contributed by atoms with Gasteiger partial charge in [0.2, 0.25) is 0 Å². The SMILES string of the molecule is Cc1noc(-c2ccccc2OCC(=O)N2CCC3(CCCCOC[C@@H]4CCCN4C(=O)c4cccc(c4)OC3)CC2)n1. The lowest BCUT2D eigenvalue weighted by molar-refractivity contribution is -0.136. The summed E-state index contributed by atoms with van der Waals surface area (Å²) < 4.78 is 23.7. The molecule has 0 unspecified atom stereocenters. The number of nitrogens with zero attached hydrogens (tertiary/aromatic N) is 4. The highest BCUT2D eigenvalue weighted by molar-refractivity contribution is 5.95. The van der Waals surface area contributed by atoms with E-state index in [1.807, 2.05) is 52.3 Å². The number of fused-ring (bicyclic) bond motifs is 3. The maximum atomic E-state index is 13.3. The second-order valence-corrected chi connectivity index (χ2v) is 12.0. The third-order valence-corrected chi connectivity index (χ3v) is 8.99. The Labute approximate surface area is 252 Å². The lowest BCUT2D eigenvalue weighted by atomic mass is 9.75. The number of rotatable bonds is 4. The molecule has 2 saturated heterocycles. The molecule has 4 heterocycles. The van der Waals surface area contributed by atoms with E-state index in [-0.39, 0.29) is 29.9 Å². The number of aromatic nitrogens is 2. The van der Waals surface area contributed by atoms with Gasteiger partial charge in [0, 0.05) is 37.2 Å². The molecule has 3 aliphatic heterocycles. The molecule has 0 N–H and O–H groups in total. The van der Waals surface area contributed by atoms with Crippen molar-refractivity contribution in [2.45, 2.75) is 57.9 Å². The van der Waals surface area contributed by atoms with Gasteiger partial charge < -0.3 is 28.5 Å². The molecule has 3 aliphatic rings. The van der Waals surface area contributed by atoms with Crippen LogP contribution in [0.25, 0.3) is 11.5 Å². The highest BCUT2D eigenvalue weighted by Crippen LogP contribution is 2.38. The molecule has 10 heteroatoms. The Bertz CT molecular complexity index is 1420. The summed E-state index contributed by atoms with van der Waals surface area (Å²) in [6.45, 7) is 5.57. The lowest BCUT2D eigenvalue weighted by Gasteiger charge is -2.41. The van der Waals surface area contributed by atoms with E-state index in [0.29, 0.717) is 67.3 Å². The highest BCUT2D eigenvalue weighted by atomic mass is 16.5. The van der Waals surface area contributed by atoms with Gasteiger partial charge >= 0.3 is 0 Å². The fourth-order valence-electron chi connectivity index (χ4n) is 6.42. The van der Waals surface area contributed by atoms with E-state index in [9.17, 15) is 9.59 Å². The molecule has 6 rings (SSSR count). The minimum absolute atomic E-state index is 0.0463. The van der Waals surface area contributed by atoms with Crippen LogP contribution in [-0.4, -0.2) is 83.9 Å². The molecule has 2 aromatic carbocycles. The van der Waals surface area contributed by atoms with Crippen molar-refractivity contribution in [3.05, 3.63) is 59.9 Å². The summed E-state index contributed by atoms with van der Waals surface area (Å²) >= 11 is 0. The Morgan fingerprint density at radius 1 is 1.05 bits per heavy atom. The van der Waals surface area contributed by atoms with Gasteiger partial charge in [-0.3, -0.25) is 9.59 Å². The normalized spacial score (nSPS) is 21.0. The number of ether oxygens (including phenoxy) is 3. The van der Waals surface area contributed by atoms with Crippen LogP contribution in [0.4, 0.5) is 0 Å². The van der Waals surface area contributed by atoms with Gasteiger partial charge in [0.1, 0.15) is 11.5 Å². The van der Waals surface area contributed by atoms with E-state index in [2.05, 4.69) is 10.1 Å². The van der Waals surface area contributed by atoms with Gasteiger partial charge in [0.05, 0.1) is 24.8 Å². The molecule has 2 bridgehead atoms. The minimum atomic E-state index is -0.0657. The molecule has 1 atom stereocenters. The van der Waals surface area contributed by atoms with E-state index < -0.39 is 0 Å². The Morgan fingerprint density at radius 3 is 2.74 bits per heavy atom. The molecule has 1 aromatic heterocycles. The van der Waals surface area contributed by atoms with Crippen LogP contribution in [0, 0.1) is 12.3 Å². The fraction of sp³-hybridized carbons (Fsp3) is 0.515.